The smallest absolute Gasteiger partial charge is 0.269 e. The molecule has 5 rings (SSSR count). The number of nitrogens with zero attached hydrogens (tertiary/aromatic N) is 8. The molecule has 200 valence electrons. The SMILES string of the molecule is N[C@@H]1C[C@H](N)CN(c2nc(N3CCN(c4ccc([N+](=O)[O-])cc4)CC3)nc(N3C[C@H](N)C[C@H](N)C3)n2)C1. The lowest BCUT2D eigenvalue weighted by Crippen LogP contribution is -2.54. The zero-order chi connectivity index (χ0) is 26.1. The summed E-state index contributed by atoms with van der Waals surface area (Å²) in [5, 5.41) is 11.0. The molecule has 0 aliphatic carbocycles. The van der Waals surface area contributed by atoms with E-state index in [9.17, 15) is 10.1 Å². The van der Waals surface area contributed by atoms with E-state index in [0.717, 1.165) is 31.6 Å². The van der Waals surface area contributed by atoms with Crippen molar-refractivity contribution in [2.75, 3.05) is 72.0 Å². The van der Waals surface area contributed by atoms with Crippen LogP contribution in [0.5, 0.6) is 0 Å². The van der Waals surface area contributed by atoms with Crippen LogP contribution in [0, 0.1) is 10.1 Å². The van der Waals surface area contributed by atoms with Crippen LogP contribution in [-0.2, 0) is 0 Å². The maximum absolute atomic E-state index is 11.0. The van der Waals surface area contributed by atoms with Crippen LogP contribution in [0.1, 0.15) is 12.8 Å². The van der Waals surface area contributed by atoms with Crippen molar-refractivity contribution >= 4 is 29.2 Å². The molecule has 8 N–H and O–H groups in total. The Morgan fingerprint density at radius 1 is 0.649 bits per heavy atom. The molecule has 3 aliphatic heterocycles. The second-order valence-corrected chi connectivity index (χ2v) is 10.3. The number of hydrogen-bond acceptors (Lipinski definition) is 13. The minimum Gasteiger partial charge on any atom is -0.368 e. The van der Waals surface area contributed by atoms with Crippen molar-refractivity contribution in [3.05, 3.63) is 34.4 Å². The van der Waals surface area contributed by atoms with Crippen LogP contribution < -0.4 is 42.5 Å². The molecule has 0 bridgehead atoms. The Morgan fingerprint density at radius 2 is 1.03 bits per heavy atom. The largest absolute Gasteiger partial charge is 0.368 e. The van der Waals surface area contributed by atoms with Crippen molar-refractivity contribution in [3.8, 4) is 0 Å². The number of piperidine rings is 2. The van der Waals surface area contributed by atoms with Gasteiger partial charge in [-0.25, -0.2) is 0 Å². The maximum Gasteiger partial charge on any atom is 0.269 e. The van der Waals surface area contributed by atoms with Gasteiger partial charge in [0.15, 0.2) is 0 Å². The van der Waals surface area contributed by atoms with Crippen LogP contribution in [0.3, 0.4) is 0 Å². The first-order valence-corrected chi connectivity index (χ1v) is 12.8. The van der Waals surface area contributed by atoms with E-state index in [1.807, 2.05) is 9.80 Å². The molecule has 3 saturated heterocycles. The molecule has 4 heterocycles. The third-order valence-corrected chi connectivity index (χ3v) is 7.18. The van der Waals surface area contributed by atoms with Crippen LogP contribution in [0.4, 0.5) is 29.2 Å². The molecule has 0 amide bonds. The Bertz CT molecular complexity index is 1030. The fourth-order valence-electron chi connectivity index (χ4n) is 5.40. The fourth-order valence-corrected chi connectivity index (χ4v) is 5.40. The zero-order valence-corrected chi connectivity index (χ0v) is 20.9. The summed E-state index contributed by atoms with van der Waals surface area (Å²) in [6.45, 7) is 5.36. The van der Waals surface area contributed by atoms with Gasteiger partial charge < -0.3 is 42.5 Å². The molecule has 0 unspecified atom stereocenters. The molecule has 3 aliphatic rings. The summed E-state index contributed by atoms with van der Waals surface area (Å²) in [5.41, 5.74) is 26.1. The number of nitro benzene ring substituents is 1. The second kappa shape index (κ2) is 10.6. The Balaban J connectivity index is 1.37. The van der Waals surface area contributed by atoms with Gasteiger partial charge in [-0.3, -0.25) is 10.1 Å². The fraction of sp³-hybridized carbons (Fsp3) is 0.609. The van der Waals surface area contributed by atoms with Crippen molar-refractivity contribution in [2.24, 2.45) is 22.9 Å². The molecule has 2 aromatic rings. The number of aromatic nitrogens is 3. The highest BCUT2D eigenvalue weighted by Crippen LogP contribution is 2.26. The highest BCUT2D eigenvalue weighted by molar-refractivity contribution is 5.53. The van der Waals surface area contributed by atoms with Gasteiger partial charge in [-0.2, -0.15) is 15.0 Å². The van der Waals surface area contributed by atoms with Crippen molar-refractivity contribution in [1.82, 2.24) is 15.0 Å². The molecule has 4 atom stereocenters. The van der Waals surface area contributed by atoms with Crippen LogP contribution in [-0.4, -0.2) is 96.4 Å². The predicted octanol–water partition coefficient (Wildman–Crippen LogP) is -1.16. The number of anilines is 4. The predicted molar refractivity (Wildman–Crippen MR) is 143 cm³/mol. The number of piperazine rings is 1. The van der Waals surface area contributed by atoms with Crippen LogP contribution in [0.15, 0.2) is 24.3 Å². The maximum atomic E-state index is 11.0. The lowest BCUT2D eigenvalue weighted by Gasteiger charge is -2.39. The Labute approximate surface area is 215 Å². The summed E-state index contributed by atoms with van der Waals surface area (Å²) in [6, 6.07) is 6.47. The van der Waals surface area contributed by atoms with Gasteiger partial charge in [-0.1, -0.05) is 0 Å². The summed E-state index contributed by atoms with van der Waals surface area (Å²) in [5.74, 6) is 1.73. The topological polar surface area (TPSA) is 199 Å². The zero-order valence-electron chi connectivity index (χ0n) is 20.9. The van der Waals surface area contributed by atoms with Gasteiger partial charge in [0.1, 0.15) is 0 Å². The van der Waals surface area contributed by atoms with E-state index in [2.05, 4.69) is 9.80 Å². The van der Waals surface area contributed by atoms with Crippen LogP contribution in [0.25, 0.3) is 0 Å². The summed E-state index contributed by atoms with van der Waals surface area (Å²) < 4.78 is 0. The Morgan fingerprint density at radius 3 is 1.43 bits per heavy atom. The van der Waals surface area contributed by atoms with E-state index in [0.29, 0.717) is 57.1 Å². The summed E-state index contributed by atoms with van der Waals surface area (Å²) in [4.78, 5) is 33.5. The standard InChI is InChI=1S/C23H36N12O2/c24-15-9-16(25)12-33(11-15)22-28-21(29-23(30-22)34-13-17(26)10-18(27)14-34)32-7-5-31(6-8-32)19-1-3-20(4-2-19)35(36)37/h1-4,15-18H,5-14,24-27H2/t15-,16+,17-,18+. The number of non-ortho nitro benzene ring substituents is 1. The van der Waals surface area contributed by atoms with Gasteiger partial charge >= 0.3 is 0 Å². The molecule has 1 aromatic heterocycles. The van der Waals surface area contributed by atoms with Crippen molar-refractivity contribution in [3.63, 3.8) is 0 Å². The van der Waals surface area contributed by atoms with Gasteiger partial charge in [-0.15, -0.1) is 0 Å². The van der Waals surface area contributed by atoms with Gasteiger partial charge in [-0.05, 0) is 25.0 Å². The van der Waals surface area contributed by atoms with E-state index in [1.165, 1.54) is 12.1 Å². The summed E-state index contributed by atoms with van der Waals surface area (Å²) in [7, 11) is 0. The second-order valence-electron chi connectivity index (χ2n) is 10.3. The monoisotopic (exact) mass is 512 g/mol. The van der Waals surface area contributed by atoms with Crippen LogP contribution >= 0.6 is 0 Å². The van der Waals surface area contributed by atoms with Crippen molar-refractivity contribution in [2.45, 2.75) is 37.0 Å². The Hall–Kier alpha value is -3.33. The summed E-state index contributed by atoms with van der Waals surface area (Å²) in [6.07, 6.45) is 1.53. The molecular weight excluding hydrogens is 476 g/mol. The molecule has 0 saturated carbocycles. The van der Waals surface area contributed by atoms with Crippen LogP contribution in [0.2, 0.25) is 0 Å². The number of nitrogens with two attached hydrogens (primary N) is 4. The van der Waals surface area contributed by atoms with Crippen molar-refractivity contribution < 1.29 is 4.92 Å². The lowest BCUT2D eigenvalue weighted by atomic mass is 10.0. The molecule has 0 radical (unpaired) electrons. The van der Waals surface area contributed by atoms with E-state index in [4.69, 9.17) is 37.9 Å². The van der Waals surface area contributed by atoms with E-state index in [1.54, 1.807) is 12.1 Å². The first-order chi connectivity index (χ1) is 17.7. The first-order valence-electron chi connectivity index (χ1n) is 12.8. The number of rotatable bonds is 5. The Kier molecular flexibility index (Phi) is 7.24. The van der Waals surface area contributed by atoms with E-state index in [-0.39, 0.29) is 34.8 Å². The lowest BCUT2D eigenvalue weighted by molar-refractivity contribution is -0.384. The van der Waals surface area contributed by atoms with E-state index < -0.39 is 0 Å². The number of benzene rings is 1. The molecule has 14 nitrogen and oxygen atoms in total. The highest BCUT2D eigenvalue weighted by atomic mass is 16.6. The number of nitro groups is 1. The first kappa shape index (κ1) is 25.3. The number of hydrogen-bond donors (Lipinski definition) is 4. The van der Waals surface area contributed by atoms with E-state index >= 15 is 0 Å². The molecule has 37 heavy (non-hydrogen) atoms. The molecule has 1 aromatic carbocycles. The molecule has 0 spiro atoms. The third-order valence-electron chi connectivity index (χ3n) is 7.18. The highest BCUT2D eigenvalue weighted by Gasteiger charge is 2.30. The van der Waals surface area contributed by atoms with Gasteiger partial charge in [0.25, 0.3) is 5.69 Å². The van der Waals surface area contributed by atoms with Crippen molar-refractivity contribution in [1.29, 1.82) is 0 Å². The molecule has 14 heteroatoms. The molecular formula is C23H36N12O2. The van der Waals surface area contributed by atoms with Gasteiger partial charge in [0.2, 0.25) is 17.8 Å². The summed E-state index contributed by atoms with van der Waals surface area (Å²) >= 11 is 0. The minimum absolute atomic E-state index is 0.0468. The van der Waals surface area contributed by atoms with Gasteiger partial charge in [0, 0.05) is 94.3 Å². The van der Waals surface area contributed by atoms with Gasteiger partial charge in [0.05, 0.1) is 4.92 Å². The average molecular weight is 513 g/mol. The third kappa shape index (κ3) is 5.82. The average Bonchev–Trinajstić information content (AvgIpc) is 2.87. The molecule has 3 fully saturated rings. The quantitative estimate of drug-likeness (QED) is 0.276. The minimum atomic E-state index is -0.387. The normalized spacial score (nSPS) is 26.9.